The molecule has 0 bridgehead atoms. The van der Waals surface area contributed by atoms with E-state index in [9.17, 15) is 9.59 Å². The third kappa shape index (κ3) is 5.80. The molecular weight excluding hydrogens is 402 g/mol. The average molecular weight is 426 g/mol. The summed E-state index contributed by atoms with van der Waals surface area (Å²) in [7, 11) is 2.09. The second-order valence-electron chi connectivity index (χ2n) is 7.30. The molecule has 0 aromatic heterocycles. The normalized spacial score (nSPS) is 15.8. The second-order valence-corrected chi connectivity index (χ2v) is 7.71. The Morgan fingerprint density at radius 1 is 1.10 bits per heavy atom. The van der Waals surface area contributed by atoms with Crippen molar-refractivity contribution in [2.45, 2.75) is 6.04 Å². The minimum absolute atomic E-state index is 0.229. The lowest BCUT2D eigenvalue weighted by Gasteiger charge is -2.35. The van der Waals surface area contributed by atoms with Crippen molar-refractivity contribution < 1.29 is 9.59 Å². The number of carbonyl (C=O) groups excluding carboxylic acids is 2. The first-order chi connectivity index (χ1) is 14.5. The number of hydrogen-bond acceptors (Lipinski definition) is 5. The summed E-state index contributed by atoms with van der Waals surface area (Å²) < 4.78 is 0. The van der Waals surface area contributed by atoms with Crippen molar-refractivity contribution in [1.29, 1.82) is 5.26 Å². The SMILES string of the molecule is CN1CCN(CC(NC(=O)C(=O)Nc2ccc(Cl)c(C#N)c2)c2ccccc2)CC1. The van der Waals surface area contributed by atoms with Gasteiger partial charge in [0, 0.05) is 38.4 Å². The van der Waals surface area contributed by atoms with E-state index in [0.29, 0.717) is 12.2 Å². The van der Waals surface area contributed by atoms with E-state index in [-0.39, 0.29) is 16.6 Å². The Balaban J connectivity index is 1.68. The molecule has 2 aromatic carbocycles. The van der Waals surface area contributed by atoms with Crippen molar-refractivity contribution in [3.63, 3.8) is 0 Å². The maximum absolute atomic E-state index is 12.6. The number of nitriles is 1. The van der Waals surface area contributed by atoms with E-state index in [2.05, 4.69) is 27.5 Å². The minimum Gasteiger partial charge on any atom is -0.340 e. The van der Waals surface area contributed by atoms with E-state index >= 15 is 0 Å². The molecule has 2 amide bonds. The summed E-state index contributed by atoms with van der Waals surface area (Å²) in [6, 6.07) is 15.8. The first-order valence-corrected chi connectivity index (χ1v) is 10.1. The van der Waals surface area contributed by atoms with Gasteiger partial charge in [0.2, 0.25) is 0 Å². The number of anilines is 1. The van der Waals surface area contributed by atoms with Crippen molar-refractivity contribution in [1.82, 2.24) is 15.1 Å². The Kier molecular flexibility index (Phi) is 7.41. The van der Waals surface area contributed by atoms with Gasteiger partial charge in [0.25, 0.3) is 0 Å². The quantitative estimate of drug-likeness (QED) is 0.717. The standard InChI is InChI=1S/C22H24ClN5O2/c1-27-9-11-28(12-10-27)15-20(16-5-3-2-4-6-16)26-22(30)21(29)25-18-7-8-19(23)17(13-18)14-24/h2-8,13,20H,9-12,15H2,1H3,(H,25,29)(H,26,30). The molecule has 156 valence electrons. The van der Waals surface area contributed by atoms with Crippen LogP contribution in [0.5, 0.6) is 0 Å². The zero-order valence-corrected chi connectivity index (χ0v) is 17.5. The van der Waals surface area contributed by atoms with Gasteiger partial charge < -0.3 is 15.5 Å². The van der Waals surface area contributed by atoms with Crippen LogP contribution >= 0.6 is 11.6 Å². The Morgan fingerprint density at radius 2 is 1.80 bits per heavy atom. The summed E-state index contributed by atoms with van der Waals surface area (Å²) in [4.78, 5) is 29.6. The van der Waals surface area contributed by atoms with Gasteiger partial charge in [-0.15, -0.1) is 0 Å². The molecule has 0 spiro atoms. The number of piperazine rings is 1. The fraction of sp³-hybridized carbons (Fsp3) is 0.318. The Labute approximate surface area is 181 Å². The summed E-state index contributed by atoms with van der Waals surface area (Å²) >= 11 is 5.91. The minimum atomic E-state index is -0.791. The molecular formula is C22H24ClN5O2. The zero-order chi connectivity index (χ0) is 21.5. The molecule has 1 heterocycles. The Morgan fingerprint density at radius 3 is 2.47 bits per heavy atom. The molecule has 1 aliphatic rings. The third-order valence-corrected chi connectivity index (χ3v) is 5.42. The summed E-state index contributed by atoms with van der Waals surface area (Å²) in [5, 5.41) is 14.7. The van der Waals surface area contributed by atoms with Gasteiger partial charge in [0.15, 0.2) is 0 Å². The Bertz CT molecular complexity index is 936. The molecule has 8 heteroatoms. The van der Waals surface area contributed by atoms with Gasteiger partial charge in [-0.2, -0.15) is 5.26 Å². The topological polar surface area (TPSA) is 88.5 Å². The van der Waals surface area contributed by atoms with Crippen LogP contribution in [0.1, 0.15) is 17.2 Å². The van der Waals surface area contributed by atoms with Crippen molar-refractivity contribution in [2.75, 3.05) is 45.1 Å². The Hall–Kier alpha value is -2.92. The van der Waals surface area contributed by atoms with E-state index in [4.69, 9.17) is 16.9 Å². The highest BCUT2D eigenvalue weighted by atomic mass is 35.5. The molecule has 0 saturated carbocycles. The number of likely N-dealkylation sites (N-methyl/N-ethyl adjacent to an activating group) is 1. The van der Waals surface area contributed by atoms with E-state index in [1.54, 1.807) is 6.07 Å². The van der Waals surface area contributed by atoms with Gasteiger partial charge in [-0.3, -0.25) is 14.5 Å². The number of carbonyl (C=O) groups is 2. The molecule has 0 radical (unpaired) electrons. The number of nitrogens with zero attached hydrogens (tertiary/aromatic N) is 3. The predicted octanol–water partition coefficient (Wildman–Crippen LogP) is 2.26. The van der Waals surface area contributed by atoms with Crippen molar-refractivity contribution in [2.24, 2.45) is 0 Å². The lowest BCUT2D eigenvalue weighted by atomic mass is 10.1. The molecule has 30 heavy (non-hydrogen) atoms. The van der Waals surface area contributed by atoms with Gasteiger partial charge in [-0.05, 0) is 30.8 Å². The molecule has 7 nitrogen and oxygen atoms in total. The molecule has 2 aromatic rings. The van der Waals surface area contributed by atoms with E-state index < -0.39 is 11.8 Å². The number of rotatable bonds is 5. The second kappa shape index (κ2) is 10.2. The highest BCUT2D eigenvalue weighted by Crippen LogP contribution is 2.20. The molecule has 0 aliphatic carbocycles. The maximum Gasteiger partial charge on any atom is 0.313 e. The number of halogens is 1. The predicted molar refractivity (Wildman–Crippen MR) is 116 cm³/mol. The van der Waals surface area contributed by atoms with Crippen molar-refractivity contribution in [3.05, 3.63) is 64.7 Å². The van der Waals surface area contributed by atoms with Crippen LogP contribution in [0, 0.1) is 11.3 Å². The highest BCUT2D eigenvalue weighted by molar-refractivity contribution is 6.39. The van der Waals surface area contributed by atoms with E-state index in [0.717, 1.165) is 31.7 Å². The summed E-state index contributed by atoms with van der Waals surface area (Å²) in [6.45, 7) is 4.37. The fourth-order valence-electron chi connectivity index (χ4n) is 3.31. The number of nitrogens with one attached hydrogen (secondary N) is 2. The third-order valence-electron chi connectivity index (χ3n) is 5.09. The fourth-order valence-corrected chi connectivity index (χ4v) is 3.47. The van der Waals surface area contributed by atoms with Crippen LogP contribution in [0.3, 0.4) is 0 Å². The number of benzene rings is 2. The molecule has 1 aliphatic heterocycles. The number of hydrogen-bond donors (Lipinski definition) is 2. The summed E-state index contributed by atoms with van der Waals surface area (Å²) in [6.07, 6.45) is 0. The molecule has 2 N–H and O–H groups in total. The van der Waals surface area contributed by atoms with Gasteiger partial charge >= 0.3 is 11.8 Å². The smallest absolute Gasteiger partial charge is 0.313 e. The van der Waals surface area contributed by atoms with E-state index in [1.165, 1.54) is 12.1 Å². The molecule has 1 fully saturated rings. The number of amides is 2. The first-order valence-electron chi connectivity index (χ1n) is 9.73. The van der Waals surface area contributed by atoms with Gasteiger partial charge in [0.1, 0.15) is 6.07 Å². The lowest BCUT2D eigenvalue weighted by Crippen LogP contribution is -2.48. The van der Waals surface area contributed by atoms with Crippen molar-refractivity contribution in [3.8, 4) is 6.07 Å². The molecule has 3 rings (SSSR count). The van der Waals surface area contributed by atoms with Crippen LogP contribution in [0.4, 0.5) is 5.69 Å². The molecule has 1 atom stereocenters. The van der Waals surface area contributed by atoms with Crippen LogP contribution in [0.25, 0.3) is 0 Å². The van der Waals surface area contributed by atoms with Crippen LogP contribution in [-0.4, -0.2) is 61.4 Å². The summed E-state index contributed by atoms with van der Waals surface area (Å²) in [5.41, 5.74) is 1.51. The largest absolute Gasteiger partial charge is 0.340 e. The van der Waals surface area contributed by atoms with Crippen LogP contribution in [-0.2, 0) is 9.59 Å². The highest BCUT2D eigenvalue weighted by Gasteiger charge is 2.24. The van der Waals surface area contributed by atoms with Gasteiger partial charge in [-0.25, -0.2) is 0 Å². The molecule has 1 unspecified atom stereocenters. The molecule has 1 saturated heterocycles. The first kappa shape index (κ1) is 21.8. The monoisotopic (exact) mass is 425 g/mol. The average Bonchev–Trinajstić information content (AvgIpc) is 2.76. The maximum atomic E-state index is 12.6. The van der Waals surface area contributed by atoms with Crippen LogP contribution in [0.15, 0.2) is 48.5 Å². The summed E-state index contributed by atoms with van der Waals surface area (Å²) in [5.74, 6) is -1.52. The lowest BCUT2D eigenvalue weighted by molar-refractivity contribution is -0.136. The zero-order valence-electron chi connectivity index (χ0n) is 16.8. The van der Waals surface area contributed by atoms with Gasteiger partial charge in [0.05, 0.1) is 16.6 Å². The van der Waals surface area contributed by atoms with Gasteiger partial charge in [-0.1, -0.05) is 41.9 Å². The van der Waals surface area contributed by atoms with Crippen molar-refractivity contribution >= 4 is 29.1 Å². The van der Waals surface area contributed by atoms with Crippen LogP contribution < -0.4 is 10.6 Å². The van der Waals surface area contributed by atoms with E-state index in [1.807, 2.05) is 36.4 Å². The van der Waals surface area contributed by atoms with Crippen LogP contribution in [0.2, 0.25) is 5.02 Å².